The molecule has 11 heteroatoms. The first-order chi connectivity index (χ1) is 9.31. The van der Waals surface area contributed by atoms with E-state index in [9.17, 15) is 0 Å². The van der Waals surface area contributed by atoms with Crippen LogP contribution in [0, 0.1) is 0 Å². The van der Waals surface area contributed by atoms with Gasteiger partial charge in [0.1, 0.15) is 0 Å². The summed E-state index contributed by atoms with van der Waals surface area (Å²) in [6.07, 6.45) is 10.1. The van der Waals surface area contributed by atoms with E-state index in [0.29, 0.717) is 0 Å². The summed E-state index contributed by atoms with van der Waals surface area (Å²) in [6, 6.07) is 0. The van der Waals surface area contributed by atoms with Crippen LogP contribution in [0.4, 0.5) is 0 Å². The Hall–Kier alpha value is 1.68. The zero-order valence-electron chi connectivity index (χ0n) is 12.6. The third-order valence-corrected chi connectivity index (χ3v) is 3.89. The van der Waals surface area contributed by atoms with E-state index in [1.165, 1.54) is 63.2 Å². The Balaban J connectivity index is -0.000000270. The monoisotopic (exact) mass is 433 g/mol. The fraction of sp³-hybridized carbons (Fsp3) is 1.00. The van der Waals surface area contributed by atoms with Gasteiger partial charge in [-0.15, -0.1) is 0 Å². The van der Waals surface area contributed by atoms with Crippen molar-refractivity contribution in [3.05, 3.63) is 0 Å². The Labute approximate surface area is 147 Å². The standard InChI is InChI=1S/C10H21.2H3O3PS.Zn/c1-3-5-7-9-10-8-6-4-2;2*1-4(2,3)5;/h9H,3-8,10H2,1-2H3;2*(H3,1,2,3,5);. The van der Waals surface area contributed by atoms with E-state index < -0.39 is 13.4 Å². The van der Waals surface area contributed by atoms with Gasteiger partial charge in [0.15, 0.2) is 0 Å². The Kier molecular flexibility index (Phi) is 21.7. The average molecular weight is 435 g/mol. The molecule has 0 heterocycles. The van der Waals surface area contributed by atoms with Crippen LogP contribution in [0.25, 0.3) is 0 Å². The molecule has 0 aliphatic heterocycles. The fourth-order valence-electron chi connectivity index (χ4n) is 1.32. The maximum absolute atomic E-state index is 7.56. The van der Waals surface area contributed by atoms with Crippen LogP contribution in [-0.4, -0.2) is 29.4 Å². The molecular weight excluding hydrogens is 408 g/mol. The summed E-state index contributed by atoms with van der Waals surface area (Å²) in [5.41, 5.74) is 0. The molecule has 0 saturated carbocycles. The summed E-state index contributed by atoms with van der Waals surface area (Å²) in [5, 5.41) is 0. The quantitative estimate of drug-likeness (QED) is 0.205. The van der Waals surface area contributed by atoms with Crippen molar-refractivity contribution in [3.63, 3.8) is 0 Å². The normalized spacial score (nSPS) is 12.7. The Morgan fingerprint density at radius 3 is 1.33 bits per heavy atom. The van der Waals surface area contributed by atoms with Crippen LogP contribution in [0.15, 0.2) is 0 Å². The number of hydrogen-bond donors (Lipinski definition) is 6. The molecule has 0 amide bonds. The summed E-state index contributed by atoms with van der Waals surface area (Å²) >= 11 is 8.73. The molecule has 127 valence electrons. The second-order valence-electron chi connectivity index (χ2n) is 4.53. The minimum absolute atomic E-state index is 1.10. The first-order valence-corrected chi connectivity index (χ1v) is 13.7. The fourth-order valence-corrected chi connectivity index (χ4v) is 2.53. The molecule has 0 aliphatic carbocycles. The molecule has 0 spiro atoms. The van der Waals surface area contributed by atoms with Crippen LogP contribution < -0.4 is 0 Å². The van der Waals surface area contributed by atoms with E-state index in [2.05, 4.69) is 37.5 Å². The summed E-state index contributed by atoms with van der Waals surface area (Å²) in [4.78, 5) is 45.3. The minimum Gasteiger partial charge on any atom is -0.325 e. The third kappa shape index (κ3) is 73.6. The van der Waals surface area contributed by atoms with Gasteiger partial charge >= 0.3 is 95.0 Å². The maximum atomic E-state index is 7.56. The summed E-state index contributed by atoms with van der Waals surface area (Å²) in [5.74, 6) is 0. The van der Waals surface area contributed by atoms with Crippen molar-refractivity contribution in [2.45, 2.75) is 63.3 Å². The average Bonchev–Trinajstić information content (AvgIpc) is 2.22. The molecular formula is C10H27O6P2S2Zn. The molecule has 21 heavy (non-hydrogen) atoms. The Morgan fingerprint density at radius 2 is 1.05 bits per heavy atom. The molecule has 0 radical (unpaired) electrons. The second-order valence-corrected chi connectivity index (χ2v) is 11.9. The third-order valence-electron chi connectivity index (χ3n) is 2.18. The summed E-state index contributed by atoms with van der Waals surface area (Å²) in [7, 11) is 0. The number of rotatable bonds is 7. The van der Waals surface area contributed by atoms with E-state index in [1.54, 1.807) is 0 Å². The van der Waals surface area contributed by atoms with Gasteiger partial charge in [0, 0.05) is 0 Å². The van der Waals surface area contributed by atoms with Crippen molar-refractivity contribution in [3.8, 4) is 0 Å². The summed E-state index contributed by atoms with van der Waals surface area (Å²) in [6.45, 7) is -3.04. The molecule has 0 saturated heterocycles. The van der Waals surface area contributed by atoms with Gasteiger partial charge in [-0.05, 0) is 23.6 Å². The van der Waals surface area contributed by atoms with E-state index in [1.807, 2.05) is 0 Å². The molecule has 0 fully saturated rings. The summed E-state index contributed by atoms with van der Waals surface area (Å²) < 4.78 is 1.10. The molecule has 6 N–H and O–H groups in total. The zero-order chi connectivity index (χ0) is 17.5. The smallest absolute Gasteiger partial charge is 0.319 e. The predicted octanol–water partition coefficient (Wildman–Crippen LogP) is 2.47. The first-order valence-electron chi connectivity index (χ1n) is 6.70. The van der Waals surface area contributed by atoms with Crippen molar-refractivity contribution in [1.82, 2.24) is 0 Å². The molecule has 0 bridgehead atoms. The van der Waals surface area contributed by atoms with Crippen molar-refractivity contribution in [1.29, 1.82) is 0 Å². The zero-order valence-corrected chi connectivity index (χ0v) is 19.0. The van der Waals surface area contributed by atoms with E-state index >= 15 is 0 Å². The van der Waals surface area contributed by atoms with Crippen molar-refractivity contribution < 1.29 is 47.7 Å². The molecule has 1 atom stereocenters. The predicted molar refractivity (Wildman–Crippen MR) is 89.3 cm³/mol. The van der Waals surface area contributed by atoms with Crippen molar-refractivity contribution in [2.75, 3.05) is 0 Å². The molecule has 1 unspecified atom stereocenters. The Bertz CT molecular complexity index is 273. The van der Waals surface area contributed by atoms with E-state index in [4.69, 9.17) is 29.4 Å². The molecule has 0 aliphatic rings. The van der Waals surface area contributed by atoms with Gasteiger partial charge in [-0.3, -0.25) is 0 Å². The van der Waals surface area contributed by atoms with E-state index in [-0.39, 0.29) is 0 Å². The first kappa shape index (κ1) is 27.5. The van der Waals surface area contributed by atoms with Gasteiger partial charge in [-0.2, -0.15) is 0 Å². The number of unbranched alkanes of at least 4 members (excludes halogenated alkanes) is 3. The van der Waals surface area contributed by atoms with Gasteiger partial charge in [0.2, 0.25) is 0 Å². The van der Waals surface area contributed by atoms with Crippen LogP contribution in [0.5, 0.6) is 0 Å². The van der Waals surface area contributed by atoms with Crippen molar-refractivity contribution >= 4 is 37.1 Å². The van der Waals surface area contributed by atoms with Gasteiger partial charge in [-0.1, -0.05) is 0 Å². The topological polar surface area (TPSA) is 121 Å². The van der Waals surface area contributed by atoms with Crippen LogP contribution >= 0.6 is 13.4 Å². The van der Waals surface area contributed by atoms with Gasteiger partial charge in [-0.25, -0.2) is 0 Å². The molecule has 0 aromatic heterocycles. The van der Waals surface area contributed by atoms with Crippen LogP contribution in [0.1, 0.15) is 58.8 Å². The van der Waals surface area contributed by atoms with Crippen LogP contribution in [0.3, 0.4) is 0 Å². The molecule has 6 nitrogen and oxygen atoms in total. The largest absolute Gasteiger partial charge is 0.325 e. The molecule has 0 rings (SSSR count). The minimum atomic E-state index is -3.81. The molecule has 0 aromatic carbocycles. The van der Waals surface area contributed by atoms with Crippen LogP contribution in [-0.2, 0) is 41.9 Å². The van der Waals surface area contributed by atoms with Gasteiger partial charge < -0.3 is 29.4 Å². The SMILES string of the molecule is CCCCC[CH]([Zn])CCCC.OP(O)(O)=S.OP(O)(O)=S. The number of hydrogen-bond acceptors (Lipinski definition) is 2. The second kappa shape index (κ2) is 16.5. The Morgan fingerprint density at radius 1 is 0.762 bits per heavy atom. The van der Waals surface area contributed by atoms with Crippen molar-refractivity contribution in [2.24, 2.45) is 0 Å². The maximum Gasteiger partial charge on any atom is 0.319 e. The van der Waals surface area contributed by atoms with Gasteiger partial charge in [0.05, 0.1) is 0 Å². The van der Waals surface area contributed by atoms with Crippen LogP contribution in [0.2, 0.25) is 4.51 Å². The van der Waals surface area contributed by atoms with E-state index in [0.717, 1.165) is 4.51 Å². The van der Waals surface area contributed by atoms with Gasteiger partial charge in [0.25, 0.3) is 0 Å². The molecule has 0 aromatic rings.